The van der Waals surface area contributed by atoms with Gasteiger partial charge in [-0.05, 0) is 23.5 Å². The average molecular weight is 424 g/mol. The van der Waals surface area contributed by atoms with Crippen LogP contribution in [0, 0.1) is 5.92 Å². The number of hydrogen-bond donors (Lipinski definition) is 2. The second-order valence-electron chi connectivity index (χ2n) is 8.46. The molecule has 3 rings (SSSR count). The molecule has 2 aromatic rings. The predicted molar refractivity (Wildman–Crippen MR) is 121 cm³/mol. The zero-order valence-electron chi connectivity index (χ0n) is 18.4. The molecule has 2 N–H and O–H groups in total. The summed E-state index contributed by atoms with van der Waals surface area (Å²) in [7, 11) is 0. The SMILES string of the molecule is CC(C)[C@H]1CN([C@@H](CO)CNCc2ccccc2)C(=O)C(=O)N1CCc1ccccc1. The lowest BCUT2D eigenvalue weighted by molar-refractivity contribution is -0.162. The largest absolute Gasteiger partial charge is 0.394 e. The van der Waals surface area contributed by atoms with Gasteiger partial charge in [0, 0.05) is 26.2 Å². The third-order valence-electron chi connectivity index (χ3n) is 5.95. The predicted octanol–water partition coefficient (Wildman–Crippen LogP) is 2.08. The molecule has 6 heteroatoms. The van der Waals surface area contributed by atoms with Crippen molar-refractivity contribution >= 4 is 11.8 Å². The van der Waals surface area contributed by atoms with Crippen LogP contribution in [0.2, 0.25) is 0 Å². The smallest absolute Gasteiger partial charge is 0.312 e. The van der Waals surface area contributed by atoms with E-state index in [1.165, 1.54) is 0 Å². The third-order valence-corrected chi connectivity index (χ3v) is 5.95. The number of nitrogens with one attached hydrogen (secondary N) is 1. The summed E-state index contributed by atoms with van der Waals surface area (Å²) in [6.07, 6.45) is 0.713. The summed E-state index contributed by atoms with van der Waals surface area (Å²) in [5, 5.41) is 13.3. The third kappa shape index (κ3) is 5.93. The maximum atomic E-state index is 13.0. The molecule has 2 amide bonds. The summed E-state index contributed by atoms with van der Waals surface area (Å²) in [4.78, 5) is 29.2. The second-order valence-corrected chi connectivity index (χ2v) is 8.46. The van der Waals surface area contributed by atoms with Crippen molar-refractivity contribution in [3.63, 3.8) is 0 Å². The number of carbonyl (C=O) groups is 2. The van der Waals surface area contributed by atoms with Crippen LogP contribution in [0.3, 0.4) is 0 Å². The number of benzene rings is 2. The normalized spacial score (nSPS) is 18.0. The molecular formula is C25H33N3O3. The lowest BCUT2D eigenvalue weighted by Crippen LogP contribution is -2.65. The minimum atomic E-state index is -0.523. The quantitative estimate of drug-likeness (QED) is 0.574. The second kappa shape index (κ2) is 11.1. The first-order valence-electron chi connectivity index (χ1n) is 11.0. The molecule has 166 valence electrons. The Kier molecular flexibility index (Phi) is 8.20. The lowest BCUT2D eigenvalue weighted by atomic mass is 9.97. The number of nitrogens with zero attached hydrogens (tertiary/aromatic N) is 2. The molecule has 6 nitrogen and oxygen atoms in total. The monoisotopic (exact) mass is 423 g/mol. The fourth-order valence-corrected chi connectivity index (χ4v) is 4.08. The van der Waals surface area contributed by atoms with Crippen molar-refractivity contribution in [3.05, 3.63) is 71.8 Å². The number of carbonyl (C=O) groups excluding carboxylic acids is 2. The minimum absolute atomic E-state index is 0.0721. The first-order chi connectivity index (χ1) is 15.0. The molecule has 0 bridgehead atoms. The molecule has 0 aromatic heterocycles. The maximum Gasteiger partial charge on any atom is 0.312 e. The summed E-state index contributed by atoms with van der Waals surface area (Å²) in [6, 6.07) is 19.5. The van der Waals surface area contributed by atoms with Crippen molar-refractivity contribution in [1.82, 2.24) is 15.1 Å². The van der Waals surface area contributed by atoms with Gasteiger partial charge in [0.05, 0.1) is 18.7 Å². The fourth-order valence-electron chi connectivity index (χ4n) is 4.08. The van der Waals surface area contributed by atoms with E-state index in [2.05, 4.69) is 19.2 Å². The van der Waals surface area contributed by atoms with Crippen molar-refractivity contribution in [3.8, 4) is 0 Å². The van der Waals surface area contributed by atoms with E-state index in [9.17, 15) is 14.7 Å². The van der Waals surface area contributed by atoms with Crippen molar-refractivity contribution < 1.29 is 14.7 Å². The number of amides is 2. The molecule has 0 aliphatic carbocycles. The number of piperazine rings is 1. The molecule has 2 atom stereocenters. The van der Waals surface area contributed by atoms with Crippen LogP contribution in [0.25, 0.3) is 0 Å². The molecule has 1 aliphatic rings. The zero-order chi connectivity index (χ0) is 22.2. The van der Waals surface area contributed by atoms with Crippen LogP contribution in [0.15, 0.2) is 60.7 Å². The Morgan fingerprint density at radius 3 is 2.16 bits per heavy atom. The van der Waals surface area contributed by atoms with Gasteiger partial charge in [-0.1, -0.05) is 74.5 Å². The van der Waals surface area contributed by atoms with Crippen LogP contribution in [-0.4, -0.2) is 65.0 Å². The molecule has 1 aliphatic heterocycles. The molecule has 1 fully saturated rings. The standard InChI is InChI=1S/C25H33N3O3/c1-19(2)23-17-28(22(18-29)16-26-15-21-11-7-4-8-12-21)25(31)24(30)27(23)14-13-20-9-5-3-6-10-20/h3-12,19,22-23,26,29H,13-18H2,1-2H3/t22-,23-/m1/s1. The van der Waals surface area contributed by atoms with E-state index in [-0.39, 0.29) is 18.6 Å². The Morgan fingerprint density at radius 2 is 1.58 bits per heavy atom. The summed E-state index contributed by atoms with van der Waals surface area (Å²) in [5.41, 5.74) is 2.28. The summed E-state index contributed by atoms with van der Waals surface area (Å²) < 4.78 is 0. The number of aliphatic hydroxyl groups excluding tert-OH is 1. The van der Waals surface area contributed by atoms with Gasteiger partial charge in [-0.3, -0.25) is 9.59 Å². The van der Waals surface area contributed by atoms with Crippen LogP contribution >= 0.6 is 0 Å². The Bertz CT molecular complexity index is 842. The highest BCUT2D eigenvalue weighted by Crippen LogP contribution is 2.21. The van der Waals surface area contributed by atoms with E-state index in [1.54, 1.807) is 9.80 Å². The molecule has 31 heavy (non-hydrogen) atoms. The number of aliphatic hydroxyl groups is 1. The Labute approximate surface area is 184 Å². The van der Waals surface area contributed by atoms with Gasteiger partial charge < -0.3 is 20.2 Å². The van der Waals surface area contributed by atoms with E-state index in [0.717, 1.165) is 11.1 Å². The Morgan fingerprint density at radius 1 is 0.968 bits per heavy atom. The van der Waals surface area contributed by atoms with Crippen LogP contribution < -0.4 is 5.32 Å². The van der Waals surface area contributed by atoms with Crippen LogP contribution in [0.5, 0.6) is 0 Å². The lowest BCUT2D eigenvalue weighted by Gasteiger charge is -2.45. The van der Waals surface area contributed by atoms with Gasteiger partial charge in [-0.15, -0.1) is 0 Å². The topological polar surface area (TPSA) is 72.9 Å². The number of hydrogen-bond acceptors (Lipinski definition) is 4. The van der Waals surface area contributed by atoms with Gasteiger partial charge in [0.15, 0.2) is 0 Å². The Balaban J connectivity index is 1.64. The van der Waals surface area contributed by atoms with Crippen molar-refractivity contribution in [2.45, 2.75) is 38.9 Å². The van der Waals surface area contributed by atoms with Crippen LogP contribution in [0.4, 0.5) is 0 Å². The van der Waals surface area contributed by atoms with Gasteiger partial charge in [0.2, 0.25) is 0 Å². The number of rotatable bonds is 10. The van der Waals surface area contributed by atoms with Crippen LogP contribution in [0.1, 0.15) is 25.0 Å². The summed E-state index contributed by atoms with van der Waals surface area (Å²) >= 11 is 0. The zero-order valence-corrected chi connectivity index (χ0v) is 18.4. The molecule has 1 heterocycles. The fraction of sp³-hybridized carbons (Fsp3) is 0.440. The van der Waals surface area contributed by atoms with Gasteiger partial charge >= 0.3 is 11.8 Å². The summed E-state index contributed by atoms with van der Waals surface area (Å²) in [6.45, 7) is 5.99. The first kappa shape index (κ1) is 23.0. The van der Waals surface area contributed by atoms with Gasteiger partial charge in [-0.2, -0.15) is 0 Å². The van der Waals surface area contributed by atoms with Gasteiger partial charge in [0.25, 0.3) is 0 Å². The summed E-state index contributed by atoms with van der Waals surface area (Å²) in [5.74, 6) is -0.792. The van der Waals surface area contributed by atoms with Crippen molar-refractivity contribution in [1.29, 1.82) is 0 Å². The molecule has 0 spiro atoms. The maximum absolute atomic E-state index is 13.0. The van der Waals surface area contributed by atoms with Crippen molar-refractivity contribution in [2.24, 2.45) is 5.92 Å². The highest BCUT2D eigenvalue weighted by molar-refractivity contribution is 6.35. The molecule has 0 unspecified atom stereocenters. The van der Waals surface area contributed by atoms with E-state index >= 15 is 0 Å². The molecule has 0 radical (unpaired) electrons. The van der Waals surface area contributed by atoms with Gasteiger partial charge in [0.1, 0.15) is 0 Å². The first-order valence-corrected chi connectivity index (χ1v) is 11.0. The minimum Gasteiger partial charge on any atom is -0.394 e. The van der Waals surface area contributed by atoms with E-state index in [4.69, 9.17) is 0 Å². The molecule has 2 aromatic carbocycles. The van der Waals surface area contributed by atoms with E-state index < -0.39 is 17.9 Å². The molecular weight excluding hydrogens is 390 g/mol. The molecule has 0 saturated carbocycles. The van der Waals surface area contributed by atoms with Crippen molar-refractivity contribution in [2.75, 3.05) is 26.2 Å². The highest BCUT2D eigenvalue weighted by atomic mass is 16.3. The van der Waals surface area contributed by atoms with Gasteiger partial charge in [-0.25, -0.2) is 0 Å². The highest BCUT2D eigenvalue weighted by Gasteiger charge is 2.42. The van der Waals surface area contributed by atoms with E-state index in [1.807, 2.05) is 60.7 Å². The Hall–Kier alpha value is -2.70. The van der Waals surface area contributed by atoms with E-state index in [0.29, 0.717) is 32.6 Å². The van der Waals surface area contributed by atoms with Crippen LogP contribution in [-0.2, 0) is 22.6 Å². The molecule has 1 saturated heterocycles. The average Bonchev–Trinajstić information content (AvgIpc) is 2.79.